The first kappa shape index (κ1) is 12.3. The van der Waals surface area contributed by atoms with E-state index in [1.54, 1.807) is 21.8 Å². The second-order valence-corrected chi connectivity index (χ2v) is 7.37. The van der Waals surface area contributed by atoms with Crippen LogP contribution < -0.4 is 5.32 Å². The molecule has 2 heterocycles. The molecule has 2 aromatic heterocycles. The molecule has 0 saturated heterocycles. The molecule has 2 nitrogen and oxygen atoms in total. The summed E-state index contributed by atoms with van der Waals surface area (Å²) in [4.78, 5) is 8.94. The van der Waals surface area contributed by atoms with Gasteiger partial charge >= 0.3 is 0 Å². The lowest BCUT2D eigenvalue weighted by atomic mass is 10.2. The van der Waals surface area contributed by atoms with Gasteiger partial charge in [0.1, 0.15) is 0 Å². The number of aryl methyl sites for hydroxylation is 4. The Morgan fingerprint density at radius 3 is 2.83 bits per heavy atom. The van der Waals surface area contributed by atoms with Gasteiger partial charge in [0.2, 0.25) is 0 Å². The summed E-state index contributed by atoms with van der Waals surface area (Å²) in [5.41, 5.74) is 2.78. The van der Waals surface area contributed by atoms with Crippen molar-refractivity contribution >= 4 is 22.7 Å². The summed E-state index contributed by atoms with van der Waals surface area (Å²) in [5.74, 6) is 0. The van der Waals surface area contributed by atoms with E-state index in [1.165, 1.54) is 39.7 Å². The molecular weight excluding hydrogens is 260 g/mol. The predicted molar refractivity (Wildman–Crippen MR) is 78.5 cm³/mol. The van der Waals surface area contributed by atoms with E-state index in [9.17, 15) is 0 Å². The minimum atomic E-state index is 0.944. The average Bonchev–Trinajstić information content (AvgIpc) is 2.94. The predicted octanol–water partition coefficient (Wildman–Crippen LogP) is 3.60. The molecule has 0 aliphatic heterocycles. The van der Waals surface area contributed by atoms with Crippen molar-refractivity contribution in [3.05, 3.63) is 37.0 Å². The van der Waals surface area contributed by atoms with Crippen molar-refractivity contribution in [2.45, 2.75) is 46.2 Å². The summed E-state index contributed by atoms with van der Waals surface area (Å²) in [5, 5.41) is 4.71. The standard InChI is InChI=1S/C14H18N2S2/c1-9-14(17-10(2)16-9)8-15-7-12-6-11-4-3-5-13(11)18-12/h6,15H,3-5,7-8H2,1-2H3. The summed E-state index contributed by atoms with van der Waals surface area (Å²) >= 11 is 3.80. The van der Waals surface area contributed by atoms with Gasteiger partial charge in [-0.3, -0.25) is 0 Å². The Labute approximate surface area is 116 Å². The minimum Gasteiger partial charge on any atom is -0.307 e. The summed E-state index contributed by atoms with van der Waals surface area (Å²) in [7, 11) is 0. The van der Waals surface area contributed by atoms with E-state index in [1.807, 2.05) is 11.3 Å². The summed E-state index contributed by atoms with van der Waals surface area (Å²) < 4.78 is 0. The number of hydrogen-bond acceptors (Lipinski definition) is 4. The Morgan fingerprint density at radius 2 is 2.11 bits per heavy atom. The first-order chi connectivity index (χ1) is 8.72. The number of rotatable bonds is 4. The van der Waals surface area contributed by atoms with Crippen molar-refractivity contribution in [1.29, 1.82) is 0 Å². The number of nitrogens with one attached hydrogen (secondary N) is 1. The number of aromatic nitrogens is 1. The molecule has 1 aliphatic rings. The summed E-state index contributed by atoms with van der Waals surface area (Å²) in [6.45, 7) is 6.11. The highest BCUT2D eigenvalue weighted by molar-refractivity contribution is 7.12. The molecule has 2 aromatic rings. The normalized spacial score (nSPS) is 14.1. The van der Waals surface area contributed by atoms with E-state index in [2.05, 4.69) is 30.2 Å². The molecule has 0 spiro atoms. The SMILES string of the molecule is Cc1nc(C)c(CNCc2cc3c(s2)CCC3)s1. The third-order valence-corrected chi connectivity index (χ3v) is 5.69. The lowest BCUT2D eigenvalue weighted by Crippen LogP contribution is -2.11. The average molecular weight is 278 g/mol. The molecule has 0 radical (unpaired) electrons. The third-order valence-electron chi connectivity index (χ3n) is 3.38. The third kappa shape index (κ3) is 2.51. The molecule has 1 aliphatic carbocycles. The number of thiophene rings is 1. The molecule has 4 heteroatoms. The van der Waals surface area contributed by atoms with Crippen molar-refractivity contribution in [2.75, 3.05) is 0 Å². The molecule has 0 saturated carbocycles. The topological polar surface area (TPSA) is 24.9 Å². The molecule has 18 heavy (non-hydrogen) atoms. The van der Waals surface area contributed by atoms with E-state index in [4.69, 9.17) is 0 Å². The van der Waals surface area contributed by atoms with Gasteiger partial charge in [0.05, 0.1) is 10.7 Å². The fourth-order valence-corrected chi connectivity index (χ4v) is 4.65. The fourth-order valence-electron chi connectivity index (χ4n) is 2.51. The molecule has 0 aromatic carbocycles. The van der Waals surface area contributed by atoms with Gasteiger partial charge in [-0.15, -0.1) is 22.7 Å². The van der Waals surface area contributed by atoms with Gasteiger partial charge in [-0.25, -0.2) is 4.98 Å². The van der Waals surface area contributed by atoms with E-state index in [-0.39, 0.29) is 0 Å². The van der Waals surface area contributed by atoms with Crippen LogP contribution in [0.15, 0.2) is 6.07 Å². The minimum absolute atomic E-state index is 0.944. The molecule has 0 unspecified atom stereocenters. The van der Waals surface area contributed by atoms with Crippen LogP contribution in [0.2, 0.25) is 0 Å². The van der Waals surface area contributed by atoms with Crippen LogP contribution in [-0.2, 0) is 25.9 Å². The van der Waals surface area contributed by atoms with Crippen LogP contribution in [0.1, 0.15) is 37.3 Å². The van der Waals surface area contributed by atoms with Crippen LogP contribution in [0.4, 0.5) is 0 Å². The number of fused-ring (bicyclic) bond motifs is 1. The number of hydrogen-bond donors (Lipinski definition) is 1. The van der Waals surface area contributed by atoms with E-state index in [0.717, 1.165) is 13.1 Å². The van der Waals surface area contributed by atoms with Crippen LogP contribution in [0.3, 0.4) is 0 Å². The maximum absolute atomic E-state index is 4.46. The van der Waals surface area contributed by atoms with Gasteiger partial charge in [0, 0.05) is 27.7 Å². The van der Waals surface area contributed by atoms with E-state index >= 15 is 0 Å². The summed E-state index contributed by atoms with van der Waals surface area (Å²) in [6, 6.07) is 2.39. The molecule has 0 amide bonds. The van der Waals surface area contributed by atoms with Crippen LogP contribution >= 0.6 is 22.7 Å². The zero-order chi connectivity index (χ0) is 12.5. The first-order valence-corrected chi connectivity index (χ1v) is 8.10. The van der Waals surface area contributed by atoms with Crippen LogP contribution in [0, 0.1) is 13.8 Å². The monoisotopic (exact) mass is 278 g/mol. The number of thiazole rings is 1. The molecule has 0 atom stereocenters. The zero-order valence-corrected chi connectivity index (χ0v) is 12.5. The molecular formula is C14H18N2S2. The van der Waals surface area contributed by atoms with Crippen molar-refractivity contribution < 1.29 is 0 Å². The van der Waals surface area contributed by atoms with Gasteiger partial charge in [-0.1, -0.05) is 0 Å². The van der Waals surface area contributed by atoms with Crippen LogP contribution in [-0.4, -0.2) is 4.98 Å². The zero-order valence-electron chi connectivity index (χ0n) is 10.9. The van der Waals surface area contributed by atoms with Gasteiger partial charge < -0.3 is 5.32 Å². The smallest absolute Gasteiger partial charge is 0.0900 e. The second-order valence-electron chi connectivity index (χ2n) is 4.86. The Hall–Kier alpha value is -0.710. The largest absolute Gasteiger partial charge is 0.307 e. The van der Waals surface area contributed by atoms with Crippen LogP contribution in [0.25, 0.3) is 0 Å². The maximum Gasteiger partial charge on any atom is 0.0900 e. The Kier molecular flexibility index (Phi) is 3.50. The Morgan fingerprint density at radius 1 is 1.22 bits per heavy atom. The van der Waals surface area contributed by atoms with Gasteiger partial charge in [0.15, 0.2) is 0 Å². The fraction of sp³-hybridized carbons (Fsp3) is 0.500. The molecule has 0 fully saturated rings. The van der Waals surface area contributed by atoms with Crippen molar-refractivity contribution in [3.63, 3.8) is 0 Å². The first-order valence-electron chi connectivity index (χ1n) is 6.46. The van der Waals surface area contributed by atoms with Gasteiger partial charge in [-0.2, -0.15) is 0 Å². The Balaban J connectivity index is 1.56. The van der Waals surface area contributed by atoms with Gasteiger partial charge in [-0.05, 0) is 44.7 Å². The molecule has 96 valence electrons. The van der Waals surface area contributed by atoms with E-state index < -0.39 is 0 Å². The highest BCUT2D eigenvalue weighted by atomic mass is 32.1. The Bertz CT molecular complexity index is 533. The maximum atomic E-state index is 4.46. The van der Waals surface area contributed by atoms with Crippen molar-refractivity contribution in [1.82, 2.24) is 10.3 Å². The highest BCUT2D eigenvalue weighted by Gasteiger charge is 2.14. The van der Waals surface area contributed by atoms with Crippen LogP contribution in [0.5, 0.6) is 0 Å². The summed E-state index contributed by atoms with van der Waals surface area (Å²) in [6.07, 6.45) is 3.94. The van der Waals surface area contributed by atoms with E-state index in [0.29, 0.717) is 0 Å². The second kappa shape index (κ2) is 5.11. The highest BCUT2D eigenvalue weighted by Crippen LogP contribution is 2.30. The lowest BCUT2D eigenvalue weighted by molar-refractivity contribution is 0.704. The lowest BCUT2D eigenvalue weighted by Gasteiger charge is -2.01. The number of nitrogens with zero attached hydrogens (tertiary/aromatic N) is 1. The molecule has 0 bridgehead atoms. The van der Waals surface area contributed by atoms with Crippen molar-refractivity contribution in [2.24, 2.45) is 0 Å². The quantitative estimate of drug-likeness (QED) is 0.924. The van der Waals surface area contributed by atoms with Gasteiger partial charge in [0.25, 0.3) is 0 Å². The molecule has 3 rings (SSSR count). The molecule has 1 N–H and O–H groups in total. The van der Waals surface area contributed by atoms with Crippen molar-refractivity contribution in [3.8, 4) is 0 Å².